The summed E-state index contributed by atoms with van der Waals surface area (Å²) in [7, 11) is 0. The highest BCUT2D eigenvalue weighted by atomic mass is 16.5. The molecule has 0 radical (unpaired) electrons. The van der Waals surface area contributed by atoms with E-state index in [1.54, 1.807) is 24.5 Å². The van der Waals surface area contributed by atoms with Gasteiger partial charge in [0.25, 0.3) is 11.4 Å². The summed E-state index contributed by atoms with van der Waals surface area (Å²) in [5.41, 5.74) is 13.3. The highest BCUT2D eigenvalue weighted by Gasteiger charge is 2.37. The number of hydrogen-bond donors (Lipinski definition) is 3. The number of H-pyrrole nitrogens is 1. The second kappa shape index (κ2) is 8.83. The van der Waals surface area contributed by atoms with Crippen molar-refractivity contribution < 1.29 is 4.52 Å². The van der Waals surface area contributed by atoms with Crippen molar-refractivity contribution in [3.8, 4) is 11.5 Å². The van der Waals surface area contributed by atoms with E-state index in [1.807, 2.05) is 24.3 Å². The molecule has 0 fully saturated rings. The fourth-order valence-corrected chi connectivity index (χ4v) is 3.23. The number of benzene rings is 1. The van der Waals surface area contributed by atoms with Crippen LogP contribution in [-0.4, -0.2) is 21.3 Å². The van der Waals surface area contributed by atoms with Crippen molar-refractivity contribution >= 4 is 11.8 Å². The third-order valence-electron chi connectivity index (χ3n) is 5.46. The highest BCUT2D eigenvalue weighted by Crippen LogP contribution is 2.38. The minimum atomic E-state index is -0.548. The fraction of sp³-hybridized carbons (Fsp3) is 0.217. The molecule has 8 heteroatoms. The summed E-state index contributed by atoms with van der Waals surface area (Å²) in [5, 5.41) is 4.21. The zero-order valence-corrected chi connectivity index (χ0v) is 17.8. The number of nitrogens with zero attached hydrogens (tertiary/aromatic N) is 3. The predicted octanol–water partition coefficient (Wildman–Crippen LogP) is 3.19. The number of nitrogens with one attached hydrogen (secondary N) is 1. The van der Waals surface area contributed by atoms with E-state index in [4.69, 9.17) is 16.0 Å². The number of pyridine rings is 1. The summed E-state index contributed by atoms with van der Waals surface area (Å²) in [6, 6.07) is 11.2. The van der Waals surface area contributed by atoms with Gasteiger partial charge in [-0.05, 0) is 36.1 Å². The van der Waals surface area contributed by atoms with Gasteiger partial charge in [0.15, 0.2) is 5.82 Å². The largest absolute Gasteiger partial charge is 0.404 e. The molecule has 0 aliphatic carbocycles. The van der Waals surface area contributed by atoms with Crippen LogP contribution in [0, 0.1) is 5.92 Å². The highest BCUT2D eigenvalue weighted by molar-refractivity contribution is 6.09. The maximum Gasteiger partial charge on any atom is 0.263 e. The Hall–Kier alpha value is -3.94. The van der Waals surface area contributed by atoms with Crippen LogP contribution < -0.4 is 17.0 Å². The number of aliphatic imine (C=N–C) groups is 1. The molecule has 0 aliphatic heterocycles. The molecule has 160 valence electrons. The molecule has 0 aliphatic rings. The van der Waals surface area contributed by atoms with Crippen LogP contribution in [0.15, 0.2) is 75.5 Å². The Balaban J connectivity index is 2.00. The minimum absolute atomic E-state index is 0.143. The SMILES string of the molecule is C=C(N)N=C/C(=C\N)c1ccc(C(C)(c2noc(-c3ccc[nH]c3=O)n2)C(C)C)cc1. The quantitative estimate of drug-likeness (QED) is 0.504. The molecule has 3 rings (SSSR count). The van der Waals surface area contributed by atoms with Crippen LogP contribution in [0.3, 0.4) is 0 Å². The van der Waals surface area contributed by atoms with Crippen molar-refractivity contribution in [2.24, 2.45) is 22.4 Å². The Morgan fingerprint density at radius 2 is 2.00 bits per heavy atom. The molecule has 0 bridgehead atoms. The first-order valence-corrected chi connectivity index (χ1v) is 9.81. The Kier molecular flexibility index (Phi) is 6.20. The second-order valence-electron chi connectivity index (χ2n) is 7.64. The maximum absolute atomic E-state index is 12.1. The lowest BCUT2D eigenvalue weighted by molar-refractivity contribution is 0.350. The molecule has 31 heavy (non-hydrogen) atoms. The minimum Gasteiger partial charge on any atom is -0.404 e. The van der Waals surface area contributed by atoms with E-state index in [-0.39, 0.29) is 23.2 Å². The summed E-state index contributed by atoms with van der Waals surface area (Å²) in [5.74, 6) is 1.04. The molecule has 1 atom stereocenters. The van der Waals surface area contributed by atoms with Crippen LogP contribution in [0.2, 0.25) is 0 Å². The van der Waals surface area contributed by atoms with E-state index >= 15 is 0 Å². The Bertz CT molecular complexity index is 1190. The molecule has 5 N–H and O–H groups in total. The van der Waals surface area contributed by atoms with Gasteiger partial charge < -0.3 is 21.0 Å². The van der Waals surface area contributed by atoms with Crippen molar-refractivity contribution in [3.63, 3.8) is 0 Å². The second-order valence-corrected chi connectivity index (χ2v) is 7.64. The van der Waals surface area contributed by atoms with Gasteiger partial charge in [-0.2, -0.15) is 4.98 Å². The number of nitrogens with two attached hydrogens (primary N) is 2. The number of allylic oxidation sites excluding steroid dienone is 1. The Morgan fingerprint density at radius 1 is 1.29 bits per heavy atom. The molecular formula is C23H26N6O2. The average Bonchev–Trinajstić information content (AvgIpc) is 3.24. The molecule has 2 aromatic heterocycles. The van der Waals surface area contributed by atoms with E-state index in [0.29, 0.717) is 11.4 Å². The van der Waals surface area contributed by atoms with Crippen LogP contribution in [0.25, 0.3) is 17.0 Å². The summed E-state index contributed by atoms with van der Waals surface area (Å²) in [6.45, 7) is 9.78. The smallest absolute Gasteiger partial charge is 0.263 e. The first-order valence-electron chi connectivity index (χ1n) is 9.81. The molecule has 1 aromatic carbocycles. The lowest BCUT2D eigenvalue weighted by atomic mass is 9.72. The van der Waals surface area contributed by atoms with Crippen molar-refractivity contribution in [2.45, 2.75) is 26.2 Å². The number of rotatable bonds is 7. The van der Waals surface area contributed by atoms with Gasteiger partial charge in [0.1, 0.15) is 11.4 Å². The Labute approximate surface area is 180 Å². The van der Waals surface area contributed by atoms with Crippen molar-refractivity contribution in [1.82, 2.24) is 15.1 Å². The van der Waals surface area contributed by atoms with E-state index < -0.39 is 5.41 Å². The first-order chi connectivity index (χ1) is 14.8. The fourth-order valence-electron chi connectivity index (χ4n) is 3.23. The molecule has 1 unspecified atom stereocenters. The van der Waals surface area contributed by atoms with E-state index in [9.17, 15) is 4.79 Å². The molecule has 0 saturated heterocycles. The average molecular weight is 419 g/mol. The number of aromatic amines is 1. The van der Waals surface area contributed by atoms with Gasteiger partial charge in [0, 0.05) is 24.2 Å². The predicted molar refractivity (Wildman–Crippen MR) is 122 cm³/mol. The zero-order valence-electron chi connectivity index (χ0n) is 17.8. The summed E-state index contributed by atoms with van der Waals surface area (Å²) in [6.07, 6.45) is 4.59. The van der Waals surface area contributed by atoms with Gasteiger partial charge in [-0.25, -0.2) is 4.99 Å². The van der Waals surface area contributed by atoms with E-state index in [2.05, 4.69) is 47.5 Å². The van der Waals surface area contributed by atoms with E-state index in [0.717, 1.165) is 16.7 Å². The van der Waals surface area contributed by atoms with E-state index in [1.165, 1.54) is 6.20 Å². The van der Waals surface area contributed by atoms with Crippen molar-refractivity contribution in [3.05, 3.63) is 88.5 Å². The van der Waals surface area contributed by atoms with Gasteiger partial charge in [0.2, 0.25) is 0 Å². The van der Waals surface area contributed by atoms with Crippen LogP contribution in [-0.2, 0) is 5.41 Å². The third-order valence-corrected chi connectivity index (χ3v) is 5.46. The lowest BCUT2D eigenvalue weighted by Gasteiger charge is -2.31. The first kappa shape index (κ1) is 21.8. The third kappa shape index (κ3) is 4.32. The lowest BCUT2D eigenvalue weighted by Crippen LogP contribution is -2.31. The van der Waals surface area contributed by atoms with Crippen molar-refractivity contribution in [2.75, 3.05) is 0 Å². The van der Waals surface area contributed by atoms with Crippen LogP contribution >= 0.6 is 0 Å². The topological polar surface area (TPSA) is 136 Å². The normalized spacial score (nSPS) is 14.1. The standard InChI is InChI=1S/C23H26N6O2/c1-14(2)23(4,22-28-21(31-29-22)19-6-5-11-26-20(19)30)18-9-7-16(8-10-18)17(12-24)13-27-15(3)25/h5-14H,3,24-25H2,1-2,4H3,(H,26,30)/b17-12+,27-13?. The molecule has 0 saturated carbocycles. The summed E-state index contributed by atoms with van der Waals surface area (Å²) < 4.78 is 5.44. The molecule has 2 heterocycles. The maximum atomic E-state index is 12.1. The molecular weight excluding hydrogens is 392 g/mol. The van der Waals surface area contributed by atoms with Crippen LogP contribution in [0.1, 0.15) is 37.7 Å². The van der Waals surface area contributed by atoms with Crippen LogP contribution in [0.4, 0.5) is 0 Å². The van der Waals surface area contributed by atoms with Crippen LogP contribution in [0.5, 0.6) is 0 Å². The summed E-state index contributed by atoms with van der Waals surface area (Å²) in [4.78, 5) is 23.3. The van der Waals surface area contributed by atoms with Gasteiger partial charge in [-0.3, -0.25) is 4.79 Å². The Morgan fingerprint density at radius 3 is 2.58 bits per heavy atom. The molecule has 0 amide bonds. The monoisotopic (exact) mass is 418 g/mol. The van der Waals surface area contributed by atoms with Crippen molar-refractivity contribution in [1.29, 1.82) is 0 Å². The summed E-state index contributed by atoms with van der Waals surface area (Å²) >= 11 is 0. The van der Waals surface area contributed by atoms with Gasteiger partial charge in [-0.1, -0.05) is 49.8 Å². The van der Waals surface area contributed by atoms with Gasteiger partial charge in [0.05, 0.1) is 5.41 Å². The number of aromatic nitrogens is 3. The van der Waals surface area contributed by atoms with Gasteiger partial charge >= 0.3 is 0 Å². The number of hydrogen-bond acceptors (Lipinski definition) is 7. The van der Waals surface area contributed by atoms with Gasteiger partial charge in [-0.15, -0.1) is 0 Å². The molecule has 3 aromatic rings. The molecule has 8 nitrogen and oxygen atoms in total. The zero-order chi connectivity index (χ0) is 22.6. The molecule has 0 spiro atoms.